The maximum atomic E-state index is 10.4. The molecule has 2 rings (SSSR count). The van der Waals surface area contributed by atoms with Crippen molar-refractivity contribution in [2.24, 2.45) is 5.10 Å². The number of non-ortho nitro benzene ring substituents is 1. The third-order valence-corrected chi connectivity index (χ3v) is 2.06. The van der Waals surface area contributed by atoms with Crippen LogP contribution in [0.15, 0.2) is 35.7 Å². The van der Waals surface area contributed by atoms with E-state index in [0.29, 0.717) is 5.56 Å². The second kappa shape index (κ2) is 6.31. The number of nitrogens with one attached hydrogen (secondary N) is 1. The van der Waals surface area contributed by atoms with E-state index in [-0.39, 0.29) is 24.0 Å². The van der Waals surface area contributed by atoms with Gasteiger partial charge in [0, 0.05) is 12.1 Å². The summed E-state index contributed by atoms with van der Waals surface area (Å²) in [5.74, 6) is 5.74. The second-order valence-corrected chi connectivity index (χ2v) is 3.28. The predicted molar refractivity (Wildman–Crippen MR) is 71.7 cm³/mol. The van der Waals surface area contributed by atoms with Gasteiger partial charge in [-0.1, -0.05) is 0 Å². The number of nitrogens with zero attached hydrogens (tertiary/aromatic N) is 5. The third-order valence-electron chi connectivity index (χ3n) is 2.06. The highest BCUT2D eigenvalue weighted by molar-refractivity contribution is 5.85. The van der Waals surface area contributed by atoms with Gasteiger partial charge in [0.15, 0.2) is 0 Å². The number of nitro benzene ring substituents is 1. The molecular weight excluding hydrogens is 274 g/mol. The first-order chi connectivity index (χ1) is 8.66. The Morgan fingerprint density at radius 3 is 2.63 bits per heavy atom. The summed E-state index contributed by atoms with van der Waals surface area (Å²) in [6.07, 6.45) is 2.81. The van der Waals surface area contributed by atoms with Gasteiger partial charge in [-0.2, -0.15) is 5.10 Å². The van der Waals surface area contributed by atoms with Crippen LogP contribution in [0.2, 0.25) is 0 Å². The Morgan fingerprint density at radius 2 is 2.11 bits per heavy atom. The minimum Gasteiger partial charge on any atom is -0.335 e. The maximum Gasteiger partial charge on any atom is 0.269 e. The molecule has 1 heterocycles. The summed E-state index contributed by atoms with van der Waals surface area (Å²) in [4.78, 5) is 9.98. The number of aromatic nitrogens is 3. The van der Waals surface area contributed by atoms with Crippen molar-refractivity contribution >= 4 is 30.3 Å². The van der Waals surface area contributed by atoms with Crippen LogP contribution in [-0.4, -0.2) is 26.0 Å². The predicted octanol–water partition coefficient (Wildman–Crippen LogP) is 0.768. The first-order valence-corrected chi connectivity index (χ1v) is 4.85. The fourth-order valence-electron chi connectivity index (χ4n) is 1.17. The van der Waals surface area contributed by atoms with Crippen LogP contribution in [0.3, 0.4) is 0 Å². The van der Waals surface area contributed by atoms with Crippen molar-refractivity contribution in [3.05, 3.63) is 46.3 Å². The number of benzene rings is 1. The molecule has 0 unspecified atom stereocenters. The van der Waals surface area contributed by atoms with Crippen LogP contribution >= 0.6 is 12.4 Å². The van der Waals surface area contributed by atoms with E-state index in [9.17, 15) is 10.1 Å². The van der Waals surface area contributed by atoms with Gasteiger partial charge in [-0.3, -0.25) is 10.1 Å². The van der Waals surface area contributed by atoms with Gasteiger partial charge in [0.1, 0.15) is 6.33 Å². The summed E-state index contributed by atoms with van der Waals surface area (Å²) in [6.45, 7) is 0. The van der Waals surface area contributed by atoms with Gasteiger partial charge in [0.05, 0.1) is 11.1 Å². The van der Waals surface area contributed by atoms with Crippen LogP contribution in [0.5, 0.6) is 0 Å². The lowest BCUT2D eigenvalue weighted by atomic mass is 10.2. The molecule has 0 radical (unpaired) electrons. The molecule has 10 heteroatoms. The molecule has 19 heavy (non-hydrogen) atoms. The lowest BCUT2D eigenvalue weighted by Crippen LogP contribution is -2.10. The first-order valence-electron chi connectivity index (χ1n) is 4.85. The molecule has 0 aliphatic heterocycles. The second-order valence-electron chi connectivity index (χ2n) is 3.28. The van der Waals surface area contributed by atoms with Crippen molar-refractivity contribution < 1.29 is 4.92 Å². The summed E-state index contributed by atoms with van der Waals surface area (Å²) in [5, 5.41) is 21.5. The van der Waals surface area contributed by atoms with E-state index in [1.165, 1.54) is 29.4 Å². The summed E-state index contributed by atoms with van der Waals surface area (Å²) >= 11 is 0. The molecule has 1 aromatic heterocycles. The molecule has 0 aliphatic carbocycles. The minimum atomic E-state index is -0.462. The molecule has 2 aromatic rings. The molecule has 0 spiro atoms. The van der Waals surface area contributed by atoms with Crippen LogP contribution in [0, 0.1) is 10.1 Å². The van der Waals surface area contributed by atoms with Gasteiger partial charge in [-0.05, 0) is 17.7 Å². The van der Waals surface area contributed by atoms with Gasteiger partial charge < -0.3 is 5.84 Å². The number of hydrogen-bond acceptors (Lipinski definition) is 7. The highest BCUT2D eigenvalue weighted by Gasteiger charge is 2.02. The number of nitrogen functional groups attached to an aromatic ring is 1. The molecule has 0 saturated heterocycles. The number of anilines is 1. The van der Waals surface area contributed by atoms with Crippen molar-refractivity contribution in [2.75, 3.05) is 11.3 Å². The Bertz CT molecular complexity index is 581. The van der Waals surface area contributed by atoms with E-state index in [1.54, 1.807) is 12.1 Å². The standard InChI is InChI=1S/C9H9N7O2.ClH/c10-15-6-12-14-9(15)13-11-5-7-1-3-8(4-2-7)16(17)18;/h1-6H,10H2,(H,13,14);1H/b11-5+;. The zero-order chi connectivity index (χ0) is 13.0. The maximum absolute atomic E-state index is 10.4. The Balaban J connectivity index is 0.00000180. The van der Waals surface area contributed by atoms with Crippen LogP contribution in [0.25, 0.3) is 0 Å². The SMILES string of the molecule is Cl.Nn1cnnc1N/N=C/c1ccc([N+](=O)[O-])cc1. The van der Waals surface area contributed by atoms with E-state index >= 15 is 0 Å². The lowest BCUT2D eigenvalue weighted by Gasteiger charge is -1.97. The molecule has 1 aromatic carbocycles. The smallest absolute Gasteiger partial charge is 0.269 e. The summed E-state index contributed by atoms with van der Waals surface area (Å²) in [5.41, 5.74) is 3.31. The number of nitrogens with two attached hydrogens (primary N) is 1. The van der Waals surface area contributed by atoms with Gasteiger partial charge in [0.2, 0.25) is 0 Å². The molecule has 3 N–H and O–H groups in total. The lowest BCUT2D eigenvalue weighted by molar-refractivity contribution is -0.384. The quantitative estimate of drug-likeness (QED) is 0.369. The third kappa shape index (κ3) is 3.64. The van der Waals surface area contributed by atoms with E-state index in [1.807, 2.05) is 0 Å². The van der Waals surface area contributed by atoms with Crippen molar-refractivity contribution in [2.45, 2.75) is 0 Å². The van der Waals surface area contributed by atoms with Gasteiger partial charge >= 0.3 is 0 Å². The molecule has 0 atom stereocenters. The monoisotopic (exact) mass is 283 g/mol. The van der Waals surface area contributed by atoms with Gasteiger partial charge in [-0.15, -0.1) is 22.6 Å². The van der Waals surface area contributed by atoms with E-state index in [0.717, 1.165) is 0 Å². The summed E-state index contributed by atoms with van der Waals surface area (Å²) in [6, 6.07) is 5.95. The Morgan fingerprint density at radius 1 is 1.42 bits per heavy atom. The number of nitro groups is 1. The van der Waals surface area contributed by atoms with Crippen molar-refractivity contribution in [3.63, 3.8) is 0 Å². The minimum absolute atomic E-state index is 0. The van der Waals surface area contributed by atoms with Crippen LogP contribution in [-0.2, 0) is 0 Å². The largest absolute Gasteiger partial charge is 0.335 e. The first kappa shape index (κ1) is 14.4. The number of hydrazone groups is 1. The fraction of sp³-hybridized carbons (Fsp3) is 0. The molecule has 0 aliphatic rings. The normalized spacial score (nSPS) is 10.1. The van der Waals surface area contributed by atoms with Crippen LogP contribution < -0.4 is 11.3 Å². The number of rotatable bonds is 4. The van der Waals surface area contributed by atoms with Gasteiger partial charge in [0.25, 0.3) is 11.6 Å². The zero-order valence-corrected chi connectivity index (χ0v) is 10.3. The van der Waals surface area contributed by atoms with E-state index < -0.39 is 4.92 Å². The number of hydrogen-bond donors (Lipinski definition) is 2. The molecule has 100 valence electrons. The van der Waals surface area contributed by atoms with Gasteiger partial charge in [-0.25, -0.2) is 10.1 Å². The van der Waals surface area contributed by atoms with Crippen LogP contribution in [0.1, 0.15) is 5.56 Å². The topological polar surface area (TPSA) is 124 Å². The zero-order valence-electron chi connectivity index (χ0n) is 9.50. The Labute approximate surface area is 113 Å². The average molecular weight is 284 g/mol. The molecule has 0 fully saturated rings. The van der Waals surface area contributed by atoms with E-state index in [4.69, 9.17) is 5.84 Å². The molecule has 0 bridgehead atoms. The fourth-order valence-corrected chi connectivity index (χ4v) is 1.17. The summed E-state index contributed by atoms with van der Waals surface area (Å²) in [7, 11) is 0. The van der Waals surface area contributed by atoms with Crippen molar-refractivity contribution in [3.8, 4) is 0 Å². The number of halogens is 1. The molecule has 0 saturated carbocycles. The van der Waals surface area contributed by atoms with Crippen molar-refractivity contribution in [1.29, 1.82) is 0 Å². The Hall–Kier alpha value is -2.68. The average Bonchev–Trinajstić information content (AvgIpc) is 2.76. The molecular formula is C9H10ClN7O2. The van der Waals surface area contributed by atoms with Crippen molar-refractivity contribution in [1.82, 2.24) is 14.9 Å². The van der Waals surface area contributed by atoms with Crippen LogP contribution in [0.4, 0.5) is 11.6 Å². The molecule has 0 amide bonds. The Kier molecular flexibility index (Phi) is 4.77. The van der Waals surface area contributed by atoms with E-state index in [2.05, 4.69) is 20.7 Å². The highest BCUT2D eigenvalue weighted by atomic mass is 35.5. The summed E-state index contributed by atoms with van der Waals surface area (Å²) < 4.78 is 1.17. The molecule has 9 nitrogen and oxygen atoms in total. The highest BCUT2D eigenvalue weighted by Crippen LogP contribution is 2.10.